The lowest BCUT2D eigenvalue weighted by molar-refractivity contribution is 0.0759. The summed E-state index contributed by atoms with van der Waals surface area (Å²) in [7, 11) is 3.27. The standard InChI is InChI=1S/C21H17N5O2.C15H13ClN2O2.2C13H9N5O.C6H5N3/c1-28-16-4-2-14(3-5-16)11-25-12-18-17(21(25)27)6-7-19(24-18)26-9-8-15-10-22-13-23-20(15)26;1-20-11-4-2-10(3-5-11)8-18-9-13-12(15(18)19)6-7-14(16)17-13;2*19-13-9-1-2-11(17-10(9)6-15-13)18-4-3-8-5-14-7-16-12(8)18;1-2-8-6-5(1)3-7-4-9-6/h2-10,13H,11-12H2,1H3;2-7H,8-9H2,1H3;2*1-5,7H,6H2,(H,15,19);1-4H,(H,7,8,9). The summed E-state index contributed by atoms with van der Waals surface area (Å²) in [6.07, 6.45) is 20.7. The van der Waals surface area contributed by atoms with Gasteiger partial charge in [-0.2, -0.15) is 0 Å². The number of hydrogen-bond donors (Lipinski definition) is 3. The van der Waals surface area contributed by atoms with Crippen LogP contribution in [0, 0.1) is 0 Å². The highest BCUT2D eigenvalue weighted by atomic mass is 35.5. The fourth-order valence-corrected chi connectivity index (χ4v) is 11.3. The van der Waals surface area contributed by atoms with Crippen LogP contribution in [-0.4, -0.2) is 126 Å². The molecule has 0 fully saturated rings. The largest absolute Gasteiger partial charge is 0.497 e. The second kappa shape index (κ2) is 26.3. The summed E-state index contributed by atoms with van der Waals surface area (Å²) < 4.78 is 16.0. The van der Waals surface area contributed by atoms with E-state index in [1.165, 1.54) is 25.3 Å². The Morgan fingerprint density at radius 2 is 0.832 bits per heavy atom. The molecule has 12 aromatic heterocycles. The van der Waals surface area contributed by atoms with E-state index in [-0.39, 0.29) is 23.6 Å². The lowest BCUT2D eigenvalue weighted by Gasteiger charge is -2.15. The Kier molecular flexibility index (Phi) is 16.5. The van der Waals surface area contributed by atoms with Crippen LogP contribution in [0.15, 0.2) is 196 Å². The molecule has 16 heterocycles. The number of aromatic amines is 1. The van der Waals surface area contributed by atoms with Crippen molar-refractivity contribution in [3.8, 4) is 29.0 Å². The van der Waals surface area contributed by atoms with Crippen molar-refractivity contribution in [1.82, 2.24) is 98.9 Å². The van der Waals surface area contributed by atoms with Crippen molar-refractivity contribution >= 4 is 79.4 Å². The number of pyridine rings is 4. The number of hydrogen-bond acceptors (Lipinski definition) is 18. The van der Waals surface area contributed by atoms with Crippen LogP contribution in [0.2, 0.25) is 5.15 Å². The van der Waals surface area contributed by atoms with E-state index >= 15 is 0 Å². The molecule has 14 aromatic rings. The number of benzene rings is 2. The Bertz CT molecular complexity index is 5060. The van der Waals surface area contributed by atoms with Crippen molar-refractivity contribution in [2.75, 3.05) is 14.2 Å². The molecule has 0 saturated carbocycles. The molecule has 18 rings (SSSR count). The molecule has 468 valence electrons. The van der Waals surface area contributed by atoms with Gasteiger partial charge in [-0.25, -0.2) is 59.8 Å². The number of halogens is 1. The number of ether oxygens (including phenoxy) is 2. The fraction of sp³-hybridized carbons (Fsp3) is 0.118. The summed E-state index contributed by atoms with van der Waals surface area (Å²) in [6.45, 7) is 3.04. The van der Waals surface area contributed by atoms with Gasteiger partial charge >= 0.3 is 0 Å². The van der Waals surface area contributed by atoms with Crippen molar-refractivity contribution < 1.29 is 28.7 Å². The van der Waals surface area contributed by atoms with E-state index in [0.29, 0.717) is 66.7 Å². The highest BCUT2D eigenvalue weighted by Crippen LogP contribution is 2.29. The van der Waals surface area contributed by atoms with Crippen LogP contribution < -0.4 is 20.1 Å². The number of H-pyrrole nitrogens is 1. The number of carbonyl (C=O) groups excluding carboxylic acids is 4. The van der Waals surface area contributed by atoms with Crippen molar-refractivity contribution in [1.29, 1.82) is 0 Å². The minimum absolute atomic E-state index is 0.0000141. The van der Waals surface area contributed by atoms with E-state index in [9.17, 15) is 19.2 Å². The molecule has 26 nitrogen and oxygen atoms in total. The van der Waals surface area contributed by atoms with Crippen LogP contribution in [0.1, 0.15) is 75.3 Å². The van der Waals surface area contributed by atoms with E-state index in [1.807, 2.05) is 136 Å². The zero-order valence-corrected chi connectivity index (χ0v) is 51.4. The minimum atomic E-state index is -0.0614. The summed E-state index contributed by atoms with van der Waals surface area (Å²) in [5, 5.41) is 9.85. The normalized spacial score (nSPS) is 13.1. The second-order valence-corrected chi connectivity index (χ2v) is 22.2. The molecular weight excluding hydrogens is 1230 g/mol. The molecule has 4 aliphatic heterocycles. The zero-order valence-electron chi connectivity index (χ0n) is 50.6. The Morgan fingerprint density at radius 1 is 0.432 bits per heavy atom. The first-order chi connectivity index (χ1) is 46.5. The molecule has 0 unspecified atom stereocenters. The molecule has 4 amide bonds. The van der Waals surface area contributed by atoms with Crippen molar-refractivity contribution in [3.05, 3.63) is 258 Å². The lowest BCUT2D eigenvalue weighted by atomic mass is 10.2. The number of fused-ring (bicyclic) bond motifs is 8. The van der Waals surface area contributed by atoms with Gasteiger partial charge in [0.15, 0.2) is 0 Å². The molecule has 4 aliphatic rings. The Hall–Kier alpha value is -12.7. The van der Waals surface area contributed by atoms with Crippen LogP contribution in [0.25, 0.3) is 61.6 Å². The van der Waals surface area contributed by atoms with Gasteiger partial charge < -0.3 is 34.9 Å². The van der Waals surface area contributed by atoms with Crippen LogP contribution >= 0.6 is 11.6 Å². The second-order valence-electron chi connectivity index (χ2n) is 21.8. The van der Waals surface area contributed by atoms with Gasteiger partial charge in [-0.15, -0.1) is 0 Å². The van der Waals surface area contributed by atoms with Gasteiger partial charge in [-0.1, -0.05) is 35.9 Å². The molecule has 0 spiro atoms. The van der Waals surface area contributed by atoms with Crippen LogP contribution in [-0.2, 0) is 39.3 Å². The van der Waals surface area contributed by atoms with E-state index < -0.39 is 0 Å². The zero-order chi connectivity index (χ0) is 64.9. The third kappa shape index (κ3) is 12.5. The van der Waals surface area contributed by atoms with Gasteiger partial charge in [0.25, 0.3) is 23.6 Å². The molecule has 0 aliphatic carbocycles. The maximum atomic E-state index is 12.8. The number of aromatic nitrogens is 16. The quantitative estimate of drug-likeness (QED) is 0.114. The maximum absolute atomic E-state index is 12.8. The van der Waals surface area contributed by atoms with Crippen LogP contribution in [0.5, 0.6) is 11.5 Å². The highest BCUT2D eigenvalue weighted by molar-refractivity contribution is 6.29. The average molecular weight is 1280 g/mol. The van der Waals surface area contributed by atoms with Gasteiger partial charge in [-0.05, 0) is 108 Å². The maximum Gasteiger partial charge on any atom is 0.256 e. The van der Waals surface area contributed by atoms with Gasteiger partial charge in [0.1, 0.15) is 82.0 Å². The highest BCUT2D eigenvalue weighted by Gasteiger charge is 2.31. The molecule has 95 heavy (non-hydrogen) atoms. The van der Waals surface area contributed by atoms with Gasteiger partial charge in [0.2, 0.25) is 0 Å². The van der Waals surface area contributed by atoms with Gasteiger partial charge in [-0.3, -0.25) is 32.9 Å². The number of methoxy groups -OCH3 is 2. The summed E-state index contributed by atoms with van der Waals surface area (Å²) in [4.78, 5) is 105. The molecule has 0 radical (unpaired) electrons. The third-order valence-electron chi connectivity index (χ3n) is 15.9. The summed E-state index contributed by atoms with van der Waals surface area (Å²) in [6, 6.07) is 37.5. The first kappa shape index (κ1) is 59.9. The Morgan fingerprint density at radius 3 is 1.27 bits per heavy atom. The van der Waals surface area contributed by atoms with E-state index in [0.717, 1.165) is 107 Å². The SMILES string of the molecule is COc1ccc(CN2Cc3nc(-n4ccc5cncnc54)ccc3C2=O)cc1.COc1ccc(CN2Cc3nc(Cl)ccc3C2=O)cc1.O=C1NCc2nc(-n3ccc4cncnc43)ccc21.O=C1NCc2nc(-n3ccc4cncnc43)ccc21.c1ncc2cc[nH]c2n1. The van der Waals surface area contributed by atoms with Gasteiger partial charge in [0, 0.05) is 84.2 Å². The number of rotatable bonds is 9. The van der Waals surface area contributed by atoms with E-state index in [2.05, 4.69) is 70.4 Å². The molecule has 2 aromatic carbocycles. The van der Waals surface area contributed by atoms with Crippen molar-refractivity contribution in [2.24, 2.45) is 0 Å². The Labute approximate surface area is 544 Å². The van der Waals surface area contributed by atoms with E-state index in [4.69, 9.17) is 26.1 Å². The monoisotopic (exact) mass is 1280 g/mol. The van der Waals surface area contributed by atoms with Crippen molar-refractivity contribution in [2.45, 2.75) is 39.3 Å². The average Bonchev–Trinajstić information content (AvgIpc) is 1.68. The first-order valence-corrected chi connectivity index (χ1v) is 30.0. The number of amides is 4. The lowest BCUT2D eigenvalue weighted by Crippen LogP contribution is -2.23. The smallest absolute Gasteiger partial charge is 0.256 e. The molecule has 0 saturated heterocycles. The number of carbonyl (C=O) groups is 4. The fourth-order valence-electron chi connectivity index (χ4n) is 11.2. The molecule has 0 bridgehead atoms. The number of nitrogens with zero attached hydrogens (tertiary/aromatic N) is 17. The Balaban J connectivity index is 0.000000106. The summed E-state index contributed by atoms with van der Waals surface area (Å²) >= 11 is 5.86. The van der Waals surface area contributed by atoms with Gasteiger partial charge in [0.05, 0.1) is 85.4 Å². The third-order valence-corrected chi connectivity index (χ3v) is 16.1. The van der Waals surface area contributed by atoms with Crippen LogP contribution in [0.3, 0.4) is 0 Å². The van der Waals surface area contributed by atoms with E-state index in [1.54, 1.807) is 73.1 Å². The molecular formula is C68H53ClN20O6. The predicted octanol–water partition coefficient (Wildman–Crippen LogP) is 8.96. The minimum Gasteiger partial charge on any atom is -0.497 e. The summed E-state index contributed by atoms with van der Waals surface area (Å²) in [5.74, 6) is 3.73. The molecule has 0 atom stereocenters. The van der Waals surface area contributed by atoms with Crippen molar-refractivity contribution in [3.63, 3.8) is 0 Å². The summed E-state index contributed by atoms with van der Waals surface area (Å²) in [5.41, 5.74) is 11.1. The molecule has 3 N–H and O–H groups in total. The van der Waals surface area contributed by atoms with Crippen LogP contribution in [0.4, 0.5) is 0 Å². The first-order valence-electron chi connectivity index (χ1n) is 29.6. The predicted molar refractivity (Wildman–Crippen MR) is 349 cm³/mol. The molecule has 27 heteroatoms. The topological polar surface area (TPSA) is 303 Å². The number of nitrogens with one attached hydrogen (secondary N) is 3.